The molecule has 7 nitrogen and oxygen atoms in total. The molecule has 0 aliphatic rings. The summed E-state index contributed by atoms with van der Waals surface area (Å²) in [6, 6.07) is 4.71. The number of rotatable bonds is 7. The Morgan fingerprint density at radius 2 is 1.82 bits per heavy atom. The first-order chi connectivity index (χ1) is 10.2. The molecule has 0 unspecified atom stereocenters. The molecule has 0 fully saturated rings. The molecule has 1 aromatic rings. The third-order valence-electron chi connectivity index (χ3n) is 3.10. The number of carbonyl (C=O) groups is 1. The summed E-state index contributed by atoms with van der Waals surface area (Å²) in [5.41, 5.74) is 1.23. The van der Waals surface area contributed by atoms with Gasteiger partial charge in [0.25, 0.3) is 0 Å². The van der Waals surface area contributed by atoms with Gasteiger partial charge in [-0.3, -0.25) is 4.79 Å². The number of carbonyl (C=O) groups excluding carboxylic acids is 1. The summed E-state index contributed by atoms with van der Waals surface area (Å²) >= 11 is 0. The summed E-state index contributed by atoms with van der Waals surface area (Å²) in [4.78, 5) is 13.9. The zero-order valence-corrected chi connectivity index (χ0v) is 14.5. The van der Waals surface area contributed by atoms with Gasteiger partial charge in [0.15, 0.2) is 0 Å². The SMILES string of the molecule is CNCCC(=O)Nc1cc(S(=O)(=O)N(C)C)ccc1N(C)C. The van der Waals surface area contributed by atoms with Gasteiger partial charge in [-0.1, -0.05) is 0 Å². The van der Waals surface area contributed by atoms with E-state index < -0.39 is 10.0 Å². The Morgan fingerprint density at radius 1 is 1.18 bits per heavy atom. The zero-order valence-electron chi connectivity index (χ0n) is 13.7. The van der Waals surface area contributed by atoms with Crippen LogP contribution in [0.2, 0.25) is 0 Å². The van der Waals surface area contributed by atoms with E-state index >= 15 is 0 Å². The Hall–Kier alpha value is -1.64. The van der Waals surface area contributed by atoms with Gasteiger partial charge in [-0.15, -0.1) is 0 Å². The molecule has 0 atom stereocenters. The van der Waals surface area contributed by atoms with Crippen molar-refractivity contribution in [2.45, 2.75) is 11.3 Å². The average Bonchev–Trinajstić information content (AvgIpc) is 2.44. The summed E-state index contributed by atoms with van der Waals surface area (Å²) in [6.07, 6.45) is 0.314. The Morgan fingerprint density at radius 3 is 2.32 bits per heavy atom. The Bertz CT molecular complexity index is 627. The van der Waals surface area contributed by atoms with Gasteiger partial charge in [0, 0.05) is 41.2 Å². The number of nitrogens with one attached hydrogen (secondary N) is 2. The molecule has 0 heterocycles. The van der Waals surface area contributed by atoms with E-state index in [1.54, 1.807) is 13.1 Å². The molecule has 8 heteroatoms. The normalized spacial score (nSPS) is 11.5. The highest BCUT2D eigenvalue weighted by Crippen LogP contribution is 2.28. The van der Waals surface area contributed by atoms with Crippen molar-refractivity contribution in [2.75, 3.05) is 52.0 Å². The maximum absolute atomic E-state index is 12.2. The third kappa shape index (κ3) is 4.43. The van der Waals surface area contributed by atoms with Crippen LogP contribution in [0.3, 0.4) is 0 Å². The Kier molecular flexibility index (Phi) is 6.34. The first kappa shape index (κ1) is 18.4. The van der Waals surface area contributed by atoms with Crippen molar-refractivity contribution in [3.63, 3.8) is 0 Å². The van der Waals surface area contributed by atoms with Crippen molar-refractivity contribution < 1.29 is 13.2 Å². The van der Waals surface area contributed by atoms with Crippen LogP contribution in [0, 0.1) is 0 Å². The molecule has 0 radical (unpaired) electrons. The van der Waals surface area contributed by atoms with E-state index in [1.807, 2.05) is 19.0 Å². The van der Waals surface area contributed by atoms with Gasteiger partial charge in [0.1, 0.15) is 0 Å². The fraction of sp³-hybridized carbons (Fsp3) is 0.500. The van der Waals surface area contributed by atoms with E-state index in [2.05, 4.69) is 10.6 Å². The van der Waals surface area contributed by atoms with Crippen LogP contribution in [0.5, 0.6) is 0 Å². The third-order valence-corrected chi connectivity index (χ3v) is 4.92. The van der Waals surface area contributed by atoms with Gasteiger partial charge < -0.3 is 15.5 Å². The summed E-state index contributed by atoms with van der Waals surface area (Å²) in [5, 5.41) is 5.67. The molecule has 124 valence electrons. The number of sulfonamides is 1. The fourth-order valence-electron chi connectivity index (χ4n) is 1.83. The molecule has 0 spiro atoms. The summed E-state index contributed by atoms with van der Waals surface area (Å²) in [5.74, 6) is -0.170. The van der Waals surface area contributed by atoms with Crippen LogP contribution in [-0.4, -0.2) is 60.4 Å². The van der Waals surface area contributed by atoms with E-state index in [0.29, 0.717) is 18.7 Å². The standard InChI is InChI=1S/C14H24N4O3S/c1-15-9-8-14(19)16-12-10-11(22(20,21)18(4)5)6-7-13(12)17(2)3/h6-7,10,15H,8-9H2,1-5H3,(H,16,19). The quantitative estimate of drug-likeness (QED) is 0.764. The van der Waals surface area contributed by atoms with Gasteiger partial charge in [-0.2, -0.15) is 0 Å². The molecule has 0 aromatic heterocycles. The van der Waals surface area contributed by atoms with E-state index in [1.165, 1.54) is 26.2 Å². The van der Waals surface area contributed by atoms with Crippen LogP contribution in [0.1, 0.15) is 6.42 Å². The first-order valence-electron chi connectivity index (χ1n) is 6.88. The van der Waals surface area contributed by atoms with Crippen LogP contribution >= 0.6 is 0 Å². The summed E-state index contributed by atoms with van der Waals surface area (Å²) < 4.78 is 25.6. The van der Waals surface area contributed by atoms with Gasteiger partial charge in [-0.25, -0.2) is 12.7 Å². The van der Waals surface area contributed by atoms with Crippen molar-refractivity contribution in [2.24, 2.45) is 0 Å². The molecule has 0 saturated heterocycles. The second kappa shape index (κ2) is 7.57. The highest BCUT2D eigenvalue weighted by Gasteiger charge is 2.19. The molecule has 0 aliphatic heterocycles. The summed E-state index contributed by atoms with van der Waals surface area (Å²) in [7, 11) is 4.83. The van der Waals surface area contributed by atoms with Crippen LogP contribution in [0.25, 0.3) is 0 Å². The highest BCUT2D eigenvalue weighted by molar-refractivity contribution is 7.89. The lowest BCUT2D eigenvalue weighted by atomic mass is 10.2. The average molecular weight is 328 g/mol. The number of anilines is 2. The second-order valence-corrected chi connectivity index (χ2v) is 7.41. The monoisotopic (exact) mass is 328 g/mol. The molecule has 1 rings (SSSR count). The van der Waals surface area contributed by atoms with Gasteiger partial charge in [0.05, 0.1) is 16.3 Å². The lowest BCUT2D eigenvalue weighted by molar-refractivity contribution is -0.116. The molecule has 22 heavy (non-hydrogen) atoms. The summed E-state index contributed by atoms with van der Waals surface area (Å²) in [6.45, 7) is 0.554. The van der Waals surface area contributed by atoms with Crippen molar-refractivity contribution in [3.05, 3.63) is 18.2 Å². The van der Waals surface area contributed by atoms with Crippen LogP contribution in [-0.2, 0) is 14.8 Å². The van der Waals surface area contributed by atoms with Crippen LogP contribution in [0.4, 0.5) is 11.4 Å². The van der Waals surface area contributed by atoms with Crippen molar-refractivity contribution in [3.8, 4) is 0 Å². The van der Waals surface area contributed by atoms with Crippen LogP contribution in [0.15, 0.2) is 23.1 Å². The molecule has 2 N–H and O–H groups in total. The van der Waals surface area contributed by atoms with Gasteiger partial charge in [0.2, 0.25) is 15.9 Å². The largest absolute Gasteiger partial charge is 0.376 e. The maximum Gasteiger partial charge on any atom is 0.242 e. The first-order valence-corrected chi connectivity index (χ1v) is 8.32. The maximum atomic E-state index is 12.2. The lowest BCUT2D eigenvalue weighted by Gasteiger charge is -2.20. The van der Waals surface area contributed by atoms with E-state index in [4.69, 9.17) is 0 Å². The fourth-order valence-corrected chi connectivity index (χ4v) is 2.76. The molecular weight excluding hydrogens is 304 g/mol. The minimum Gasteiger partial charge on any atom is -0.376 e. The number of nitrogens with zero attached hydrogens (tertiary/aromatic N) is 2. The van der Waals surface area contributed by atoms with Crippen molar-refractivity contribution >= 4 is 27.3 Å². The Labute approximate surface area is 132 Å². The van der Waals surface area contributed by atoms with E-state index in [-0.39, 0.29) is 10.8 Å². The molecular formula is C14H24N4O3S. The zero-order chi connectivity index (χ0) is 16.9. The molecule has 0 saturated carbocycles. The van der Waals surface area contributed by atoms with Crippen molar-refractivity contribution in [1.29, 1.82) is 0 Å². The molecule has 0 bridgehead atoms. The second-order valence-electron chi connectivity index (χ2n) is 5.26. The predicted octanol–water partition coefficient (Wildman–Crippen LogP) is 0.551. The van der Waals surface area contributed by atoms with Crippen molar-refractivity contribution in [1.82, 2.24) is 9.62 Å². The van der Waals surface area contributed by atoms with E-state index in [9.17, 15) is 13.2 Å². The molecule has 1 amide bonds. The number of hydrogen-bond acceptors (Lipinski definition) is 5. The molecule has 0 aliphatic carbocycles. The smallest absolute Gasteiger partial charge is 0.242 e. The van der Waals surface area contributed by atoms with E-state index in [0.717, 1.165) is 9.99 Å². The minimum atomic E-state index is -3.54. The van der Waals surface area contributed by atoms with Gasteiger partial charge >= 0.3 is 0 Å². The number of benzene rings is 1. The number of hydrogen-bond donors (Lipinski definition) is 2. The lowest BCUT2D eigenvalue weighted by Crippen LogP contribution is -2.24. The predicted molar refractivity (Wildman–Crippen MR) is 88.8 cm³/mol. The number of amides is 1. The molecule has 1 aromatic carbocycles. The minimum absolute atomic E-state index is 0.145. The van der Waals surface area contributed by atoms with Gasteiger partial charge in [-0.05, 0) is 25.2 Å². The highest BCUT2D eigenvalue weighted by atomic mass is 32.2. The van der Waals surface area contributed by atoms with Crippen LogP contribution < -0.4 is 15.5 Å². The topological polar surface area (TPSA) is 81.8 Å². The Balaban J connectivity index is 3.19.